The van der Waals surface area contributed by atoms with Crippen LogP contribution < -0.4 is 5.32 Å². The molecule has 1 rings (SSSR count). The van der Waals surface area contributed by atoms with Gasteiger partial charge in [-0.3, -0.25) is 4.79 Å². The number of benzene rings is 1. The molecule has 0 fully saturated rings. The van der Waals surface area contributed by atoms with Crippen molar-refractivity contribution >= 4 is 21.8 Å². The number of hydrogen-bond donors (Lipinski definition) is 1. The zero-order valence-electron chi connectivity index (χ0n) is 8.22. The van der Waals surface area contributed by atoms with Crippen molar-refractivity contribution in [1.82, 2.24) is 5.32 Å². The summed E-state index contributed by atoms with van der Waals surface area (Å²) in [6, 6.07) is 7.60. The van der Waals surface area contributed by atoms with Gasteiger partial charge in [-0.15, -0.1) is 0 Å². The van der Waals surface area contributed by atoms with Gasteiger partial charge in [0.1, 0.15) is 0 Å². The highest BCUT2D eigenvalue weighted by Gasteiger charge is 2.03. The van der Waals surface area contributed by atoms with E-state index in [2.05, 4.69) is 21.2 Å². The molecule has 1 amide bonds. The molecule has 0 bridgehead atoms. The molecule has 0 radical (unpaired) electrons. The molecule has 0 unspecified atom stereocenters. The van der Waals surface area contributed by atoms with Gasteiger partial charge in [-0.2, -0.15) is 0 Å². The molecule has 1 aromatic rings. The van der Waals surface area contributed by atoms with Crippen molar-refractivity contribution < 1.29 is 4.79 Å². The summed E-state index contributed by atoms with van der Waals surface area (Å²) in [5.74, 6) is 0.00894. The third-order valence-corrected chi connectivity index (χ3v) is 2.44. The largest absolute Gasteiger partial charge is 0.352 e. The third-order valence-electron chi connectivity index (χ3n) is 1.88. The Balaban J connectivity index is 2.52. The molecule has 14 heavy (non-hydrogen) atoms. The normalized spacial score (nSPS) is 9.86. The monoisotopic (exact) mass is 255 g/mol. The van der Waals surface area contributed by atoms with E-state index in [1.54, 1.807) is 0 Å². The Morgan fingerprint density at radius 3 is 2.93 bits per heavy atom. The molecule has 0 aliphatic heterocycles. The number of hydrogen-bond acceptors (Lipinski definition) is 1. The van der Waals surface area contributed by atoms with Gasteiger partial charge in [0.25, 0.3) is 5.91 Å². The lowest BCUT2D eigenvalue weighted by atomic mass is 10.1. The molecule has 0 atom stereocenters. The summed E-state index contributed by atoms with van der Waals surface area (Å²) in [5.41, 5.74) is 1.85. The van der Waals surface area contributed by atoms with Crippen LogP contribution in [0.25, 0.3) is 0 Å². The van der Waals surface area contributed by atoms with Gasteiger partial charge < -0.3 is 5.32 Å². The van der Waals surface area contributed by atoms with Crippen LogP contribution in [0, 0.1) is 6.92 Å². The third kappa shape index (κ3) is 3.50. The van der Waals surface area contributed by atoms with Crippen molar-refractivity contribution in [3.63, 3.8) is 0 Å². The second-order valence-corrected chi connectivity index (χ2v) is 3.96. The smallest absolute Gasteiger partial charge is 0.251 e. The average Bonchev–Trinajstić information content (AvgIpc) is 2.18. The fraction of sp³-hybridized carbons (Fsp3) is 0.364. The number of aryl methyl sites for hydroxylation is 1. The van der Waals surface area contributed by atoms with Gasteiger partial charge in [-0.1, -0.05) is 33.6 Å². The van der Waals surface area contributed by atoms with E-state index in [0.717, 1.165) is 29.4 Å². The van der Waals surface area contributed by atoms with E-state index in [1.807, 2.05) is 31.2 Å². The molecule has 76 valence electrons. The minimum Gasteiger partial charge on any atom is -0.352 e. The lowest BCUT2D eigenvalue weighted by Crippen LogP contribution is -2.24. The Labute approximate surface area is 92.8 Å². The highest BCUT2D eigenvalue weighted by atomic mass is 79.9. The summed E-state index contributed by atoms with van der Waals surface area (Å²) in [5, 5.41) is 3.78. The molecule has 0 aliphatic carbocycles. The summed E-state index contributed by atoms with van der Waals surface area (Å²) in [6.45, 7) is 2.70. The van der Waals surface area contributed by atoms with E-state index in [9.17, 15) is 4.79 Å². The van der Waals surface area contributed by atoms with E-state index in [0.29, 0.717) is 0 Å². The van der Waals surface area contributed by atoms with Crippen LogP contribution in [-0.2, 0) is 0 Å². The molecular formula is C11H14BrNO. The van der Waals surface area contributed by atoms with Crippen LogP contribution in [0.4, 0.5) is 0 Å². The Bertz CT molecular complexity index is 312. The van der Waals surface area contributed by atoms with Gasteiger partial charge in [0.15, 0.2) is 0 Å². The quantitative estimate of drug-likeness (QED) is 0.650. The zero-order chi connectivity index (χ0) is 10.4. The predicted molar refractivity (Wildman–Crippen MR) is 61.9 cm³/mol. The van der Waals surface area contributed by atoms with Crippen molar-refractivity contribution in [2.75, 3.05) is 11.9 Å². The molecule has 0 aliphatic rings. The van der Waals surface area contributed by atoms with E-state index in [4.69, 9.17) is 0 Å². The minimum absolute atomic E-state index is 0.00894. The maximum atomic E-state index is 11.5. The number of halogens is 1. The number of nitrogens with one attached hydrogen (secondary N) is 1. The van der Waals surface area contributed by atoms with E-state index < -0.39 is 0 Å². The van der Waals surface area contributed by atoms with Gasteiger partial charge in [0.2, 0.25) is 0 Å². The number of carbonyl (C=O) groups is 1. The van der Waals surface area contributed by atoms with Crippen LogP contribution in [0.3, 0.4) is 0 Å². The van der Waals surface area contributed by atoms with Crippen LogP contribution in [0.1, 0.15) is 22.3 Å². The SMILES string of the molecule is Cc1cccc(C(=O)NCCCBr)c1. The lowest BCUT2D eigenvalue weighted by molar-refractivity contribution is 0.0954. The molecule has 1 aromatic carbocycles. The number of alkyl halides is 1. The first kappa shape index (κ1) is 11.2. The molecule has 2 nitrogen and oxygen atoms in total. The first-order valence-electron chi connectivity index (χ1n) is 4.65. The van der Waals surface area contributed by atoms with Gasteiger partial charge in [0.05, 0.1) is 0 Å². The molecular weight excluding hydrogens is 242 g/mol. The highest BCUT2D eigenvalue weighted by Crippen LogP contribution is 2.03. The highest BCUT2D eigenvalue weighted by molar-refractivity contribution is 9.09. The first-order chi connectivity index (χ1) is 6.74. The number of rotatable bonds is 4. The van der Waals surface area contributed by atoms with Crippen LogP contribution in [0.15, 0.2) is 24.3 Å². The molecule has 0 saturated carbocycles. The van der Waals surface area contributed by atoms with Crippen molar-refractivity contribution in [1.29, 1.82) is 0 Å². The van der Waals surface area contributed by atoms with Crippen LogP contribution in [0.5, 0.6) is 0 Å². The number of amides is 1. The molecule has 0 spiro atoms. The lowest BCUT2D eigenvalue weighted by Gasteiger charge is -2.04. The second-order valence-electron chi connectivity index (χ2n) is 3.17. The first-order valence-corrected chi connectivity index (χ1v) is 5.77. The fourth-order valence-electron chi connectivity index (χ4n) is 1.16. The molecule has 3 heteroatoms. The van der Waals surface area contributed by atoms with E-state index >= 15 is 0 Å². The molecule has 0 saturated heterocycles. The van der Waals surface area contributed by atoms with Crippen LogP contribution in [0.2, 0.25) is 0 Å². The summed E-state index contributed by atoms with van der Waals surface area (Å²) >= 11 is 3.32. The fourth-order valence-corrected chi connectivity index (χ4v) is 1.44. The minimum atomic E-state index is 0.00894. The van der Waals surface area contributed by atoms with Crippen LogP contribution in [-0.4, -0.2) is 17.8 Å². The maximum absolute atomic E-state index is 11.5. The topological polar surface area (TPSA) is 29.1 Å². The van der Waals surface area contributed by atoms with Gasteiger partial charge in [-0.05, 0) is 25.5 Å². The summed E-state index contributed by atoms with van der Waals surface area (Å²) < 4.78 is 0. The Kier molecular flexibility index (Phi) is 4.66. The van der Waals surface area contributed by atoms with E-state index in [-0.39, 0.29) is 5.91 Å². The molecule has 0 aromatic heterocycles. The Morgan fingerprint density at radius 1 is 1.50 bits per heavy atom. The van der Waals surface area contributed by atoms with Gasteiger partial charge in [0, 0.05) is 17.4 Å². The van der Waals surface area contributed by atoms with Crippen molar-refractivity contribution in [2.24, 2.45) is 0 Å². The van der Waals surface area contributed by atoms with Crippen molar-refractivity contribution in [2.45, 2.75) is 13.3 Å². The Morgan fingerprint density at radius 2 is 2.29 bits per heavy atom. The van der Waals surface area contributed by atoms with Gasteiger partial charge in [-0.25, -0.2) is 0 Å². The van der Waals surface area contributed by atoms with E-state index in [1.165, 1.54) is 0 Å². The Hall–Kier alpha value is -0.830. The predicted octanol–water partition coefficient (Wildman–Crippen LogP) is 2.51. The standard InChI is InChI=1S/C11H14BrNO/c1-9-4-2-5-10(8-9)11(14)13-7-3-6-12/h2,4-5,8H,3,6-7H2,1H3,(H,13,14). The van der Waals surface area contributed by atoms with Crippen molar-refractivity contribution in [3.05, 3.63) is 35.4 Å². The average molecular weight is 256 g/mol. The molecule has 1 N–H and O–H groups in total. The van der Waals surface area contributed by atoms with Gasteiger partial charge >= 0.3 is 0 Å². The molecule has 0 heterocycles. The van der Waals surface area contributed by atoms with Crippen LogP contribution >= 0.6 is 15.9 Å². The second kappa shape index (κ2) is 5.81. The summed E-state index contributed by atoms with van der Waals surface area (Å²) in [4.78, 5) is 11.5. The zero-order valence-corrected chi connectivity index (χ0v) is 9.80. The number of carbonyl (C=O) groups excluding carboxylic acids is 1. The summed E-state index contributed by atoms with van der Waals surface area (Å²) in [6.07, 6.45) is 0.956. The maximum Gasteiger partial charge on any atom is 0.251 e. The van der Waals surface area contributed by atoms with Crippen molar-refractivity contribution in [3.8, 4) is 0 Å². The summed E-state index contributed by atoms with van der Waals surface area (Å²) in [7, 11) is 0.